The van der Waals surface area contributed by atoms with Crippen LogP contribution in [0.3, 0.4) is 0 Å². The summed E-state index contributed by atoms with van der Waals surface area (Å²) < 4.78 is 7.16. The lowest BCUT2D eigenvalue weighted by atomic mass is 9.88. The fraction of sp³-hybridized carbons (Fsp3) is 0.833. The molecule has 2 aliphatic heterocycles. The number of morpholine rings is 1. The first kappa shape index (κ1) is 18.3. The number of carbonyl (C=O) groups excluding carboxylic acids is 1. The highest BCUT2D eigenvalue weighted by Crippen LogP contribution is 2.27. The van der Waals surface area contributed by atoms with Crippen molar-refractivity contribution in [3.63, 3.8) is 0 Å². The molecule has 0 aromatic carbocycles. The van der Waals surface area contributed by atoms with Crippen LogP contribution in [-0.2, 0) is 11.3 Å². The molecule has 3 rings (SSSR count). The topological polar surface area (TPSA) is 63.5 Å². The maximum atomic E-state index is 12.9. The van der Waals surface area contributed by atoms with Gasteiger partial charge in [-0.25, -0.2) is 0 Å². The molecular weight excluding hydrogens is 318 g/mol. The Bertz CT molecular complexity index is 555. The second-order valence-electron chi connectivity index (χ2n) is 7.29. The van der Waals surface area contributed by atoms with Gasteiger partial charge in [-0.3, -0.25) is 14.4 Å². The average molecular weight is 349 g/mol. The second kappa shape index (κ2) is 8.76. The number of carbonyl (C=O) groups is 1. The van der Waals surface area contributed by atoms with Crippen LogP contribution in [0.4, 0.5) is 0 Å². The van der Waals surface area contributed by atoms with Gasteiger partial charge in [-0.15, -0.1) is 5.10 Å². The largest absolute Gasteiger partial charge is 0.379 e. The van der Waals surface area contributed by atoms with Crippen molar-refractivity contribution < 1.29 is 9.53 Å². The van der Waals surface area contributed by atoms with E-state index in [0.717, 1.165) is 65.2 Å². The molecule has 7 heteroatoms. The van der Waals surface area contributed by atoms with Crippen molar-refractivity contribution >= 4 is 5.91 Å². The monoisotopic (exact) mass is 349 g/mol. The fourth-order valence-corrected chi connectivity index (χ4v) is 3.96. The minimum atomic E-state index is 0.0441. The summed E-state index contributed by atoms with van der Waals surface area (Å²) in [5.74, 6) is 0.608. The quantitative estimate of drug-likeness (QED) is 0.781. The Labute approximate surface area is 150 Å². The molecule has 2 unspecified atom stereocenters. The summed E-state index contributed by atoms with van der Waals surface area (Å²) >= 11 is 0. The third kappa shape index (κ3) is 4.58. The van der Waals surface area contributed by atoms with Gasteiger partial charge in [0.15, 0.2) is 5.69 Å². The van der Waals surface area contributed by atoms with E-state index in [-0.39, 0.29) is 5.91 Å². The van der Waals surface area contributed by atoms with Crippen molar-refractivity contribution in [3.05, 3.63) is 11.9 Å². The summed E-state index contributed by atoms with van der Waals surface area (Å²) in [6.45, 7) is 10.5. The molecule has 3 heterocycles. The predicted octanol–water partition coefficient (Wildman–Crippen LogP) is 1.65. The fourth-order valence-electron chi connectivity index (χ4n) is 3.96. The number of nitrogens with zero attached hydrogens (tertiary/aromatic N) is 5. The molecule has 2 fully saturated rings. The van der Waals surface area contributed by atoms with Crippen LogP contribution in [0.2, 0.25) is 0 Å². The Hall–Kier alpha value is -1.47. The highest BCUT2D eigenvalue weighted by atomic mass is 16.5. The van der Waals surface area contributed by atoms with Gasteiger partial charge in [0.25, 0.3) is 5.91 Å². The minimum Gasteiger partial charge on any atom is -0.379 e. The average Bonchev–Trinajstić information content (AvgIpc) is 3.11. The smallest absolute Gasteiger partial charge is 0.276 e. The molecule has 140 valence electrons. The Morgan fingerprint density at radius 3 is 2.84 bits per heavy atom. The maximum absolute atomic E-state index is 12.9. The van der Waals surface area contributed by atoms with Gasteiger partial charge in [-0.05, 0) is 25.2 Å². The first-order chi connectivity index (χ1) is 12.2. The van der Waals surface area contributed by atoms with Crippen molar-refractivity contribution in [3.8, 4) is 0 Å². The molecule has 7 nitrogen and oxygen atoms in total. The van der Waals surface area contributed by atoms with E-state index in [9.17, 15) is 4.79 Å². The van der Waals surface area contributed by atoms with Gasteiger partial charge >= 0.3 is 0 Å². The van der Waals surface area contributed by atoms with E-state index in [1.54, 1.807) is 4.68 Å². The Kier molecular flexibility index (Phi) is 6.42. The van der Waals surface area contributed by atoms with Crippen molar-refractivity contribution in [2.24, 2.45) is 5.92 Å². The van der Waals surface area contributed by atoms with E-state index < -0.39 is 0 Å². The summed E-state index contributed by atoms with van der Waals surface area (Å²) in [5.41, 5.74) is 0.484. The van der Waals surface area contributed by atoms with E-state index in [1.165, 1.54) is 6.42 Å². The van der Waals surface area contributed by atoms with Crippen LogP contribution >= 0.6 is 0 Å². The van der Waals surface area contributed by atoms with Gasteiger partial charge < -0.3 is 9.64 Å². The van der Waals surface area contributed by atoms with Gasteiger partial charge in [-0.2, -0.15) is 0 Å². The molecule has 1 amide bonds. The molecule has 2 saturated heterocycles. The van der Waals surface area contributed by atoms with Gasteiger partial charge in [0.1, 0.15) is 0 Å². The molecule has 0 aliphatic carbocycles. The zero-order chi connectivity index (χ0) is 17.6. The maximum Gasteiger partial charge on any atom is 0.276 e. The third-order valence-corrected chi connectivity index (χ3v) is 5.47. The summed E-state index contributed by atoms with van der Waals surface area (Å²) in [7, 11) is 0. The van der Waals surface area contributed by atoms with E-state index in [1.807, 2.05) is 11.1 Å². The highest BCUT2D eigenvalue weighted by Gasteiger charge is 2.32. The summed E-state index contributed by atoms with van der Waals surface area (Å²) in [6.07, 6.45) is 6.27. The van der Waals surface area contributed by atoms with Crippen LogP contribution in [0.5, 0.6) is 0 Å². The lowest BCUT2D eigenvalue weighted by Gasteiger charge is -2.39. The molecule has 0 N–H and O–H groups in total. The number of piperidine rings is 1. The van der Waals surface area contributed by atoms with Crippen molar-refractivity contribution in [1.29, 1.82) is 0 Å². The summed E-state index contributed by atoms with van der Waals surface area (Å²) in [4.78, 5) is 17.3. The molecule has 0 saturated carbocycles. The Balaban J connectivity index is 1.59. The van der Waals surface area contributed by atoms with Crippen LogP contribution in [0.1, 0.15) is 50.0 Å². The zero-order valence-electron chi connectivity index (χ0n) is 15.6. The first-order valence-corrected chi connectivity index (χ1v) is 9.70. The normalized spacial score (nSPS) is 25.3. The molecule has 25 heavy (non-hydrogen) atoms. The van der Waals surface area contributed by atoms with Crippen molar-refractivity contribution in [2.45, 2.75) is 52.1 Å². The van der Waals surface area contributed by atoms with Gasteiger partial charge in [0.05, 0.1) is 26.0 Å². The zero-order valence-corrected chi connectivity index (χ0v) is 15.6. The minimum absolute atomic E-state index is 0.0441. The molecule has 0 bridgehead atoms. The van der Waals surface area contributed by atoms with Crippen molar-refractivity contribution in [2.75, 3.05) is 39.4 Å². The number of rotatable bonds is 6. The second-order valence-corrected chi connectivity index (χ2v) is 7.29. The summed E-state index contributed by atoms with van der Waals surface area (Å²) in [6, 6.07) is 0.338. The number of hydrogen-bond donors (Lipinski definition) is 0. The number of aromatic nitrogens is 3. The van der Waals surface area contributed by atoms with Gasteiger partial charge in [-0.1, -0.05) is 25.5 Å². The first-order valence-electron chi connectivity index (χ1n) is 9.70. The van der Waals surface area contributed by atoms with E-state index in [0.29, 0.717) is 17.7 Å². The van der Waals surface area contributed by atoms with Crippen LogP contribution in [0.25, 0.3) is 0 Å². The van der Waals surface area contributed by atoms with Crippen LogP contribution in [0, 0.1) is 5.92 Å². The molecule has 2 aliphatic rings. The van der Waals surface area contributed by atoms with Crippen LogP contribution in [-0.4, -0.2) is 76.1 Å². The van der Waals surface area contributed by atoms with Gasteiger partial charge in [0.2, 0.25) is 0 Å². The Morgan fingerprint density at radius 2 is 2.08 bits per heavy atom. The SMILES string of the molecule is CCCC1C(C)CCCN1C(=O)c1cn(CCN2CCOCC2)nn1. The molecule has 2 atom stereocenters. The molecule has 0 radical (unpaired) electrons. The van der Waals surface area contributed by atoms with E-state index in [4.69, 9.17) is 4.74 Å². The van der Waals surface area contributed by atoms with E-state index >= 15 is 0 Å². The third-order valence-electron chi connectivity index (χ3n) is 5.47. The molecule has 1 aromatic rings. The summed E-state index contributed by atoms with van der Waals surface area (Å²) in [5, 5.41) is 8.32. The molecule has 0 spiro atoms. The van der Waals surface area contributed by atoms with Gasteiger partial charge in [0, 0.05) is 32.2 Å². The number of amides is 1. The number of ether oxygens (including phenoxy) is 1. The Morgan fingerprint density at radius 1 is 1.28 bits per heavy atom. The predicted molar refractivity (Wildman–Crippen MR) is 95.4 cm³/mol. The number of hydrogen-bond acceptors (Lipinski definition) is 5. The highest BCUT2D eigenvalue weighted by molar-refractivity contribution is 5.92. The lowest BCUT2D eigenvalue weighted by Crippen LogP contribution is -2.47. The van der Waals surface area contributed by atoms with E-state index in [2.05, 4.69) is 29.1 Å². The van der Waals surface area contributed by atoms with Crippen molar-refractivity contribution in [1.82, 2.24) is 24.8 Å². The van der Waals surface area contributed by atoms with Crippen LogP contribution < -0.4 is 0 Å². The number of likely N-dealkylation sites (tertiary alicyclic amines) is 1. The molecule has 1 aromatic heterocycles. The standard InChI is InChI=1S/C18H31N5O2/c1-3-5-17-15(2)6-4-7-23(17)18(24)16-14-22(20-19-16)9-8-21-10-12-25-13-11-21/h14-15,17H,3-13H2,1-2H3. The molecular formula is C18H31N5O2. The lowest BCUT2D eigenvalue weighted by molar-refractivity contribution is 0.0359. The van der Waals surface area contributed by atoms with Crippen LogP contribution in [0.15, 0.2) is 6.20 Å².